The second-order valence-corrected chi connectivity index (χ2v) is 5.61. The highest BCUT2D eigenvalue weighted by atomic mass is 35.5. The maximum Gasteiger partial charge on any atom is 0.0309 e. The largest absolute Gasteiger partial charge is 0.308 e. The van der Waals surface area contributed by atoms with Gasteiger partial charge in [-0.05, 0) is 19.8 Å². The summed E-state index contributed by atoms with van der Waals surface area (Å²) in [6.45, 7) is 5.60. The van der Waals surface area contributed by atoms with Crippen molar-refractivity contribution in [1.82, 2.24) is 10.2 Å². The van der Waals surface area contributed by atoms with Crippen LogP contribution in [0, 0.1) is 0 Å². The fraction of sp³-hybridized carbons (Fsp3) is 0.846. The molecular weight excluding hydrogens is 220 g/mol. The molecule has 2 fully saturated rings. The lowest BCUT2D eigenvalue weighted by molar-refractivity contribution is 0.0718. The summed E-state index contributed by atoms with van der Waals surface area (Å²) in [5.74, 6) is 0. The van der Waals surface area contributed by atoms with Gasteiger partial charge in [0.25, 0.3) is 0 Å². The van der Waals surface area contributed by atoms with Gasteiger partial charge in [0, 0.05) is 36.8 Å². The van der Waals surface area contributed by atoms with E-state index in [0.717, 1.165) is 13.1 Å². The third-order valence-corrected chi connectivity index (χ3v) is 4.32. The van der Waals surface area contributed by atoms with Crippen molar-refractivity contribution in [1.29, 1.82) is 0 Å². The van der Waals surface area contributed by atoms with E-state index < -0.39 is 0 Å². The Kier molecular flexibility index (Phi) is 4.28. The predicted octanol–water partition coefficient (Wildman–Crippen LogP) is 2.74. The van der Waals surface area contributed by atoms with Crippen LogP contribution in [0.25, 0.3) is 0 Å². The van der Waals surface area contributed by atoms with Gasteiger partial charge in [-0.1, -0.05) is 36.9 Å². The van der Waals surface area contributed by atoms with Crippen LogP contribution in [0.2, 0.25) is 0 Å². The van der Waals surface area contributed by atoms with E-state index in [2.05, 4.69) is 23.2 Å². The quantitative estimate of drug-likeness (QED) is 0.801. The van der Waals surface area contributed by atoms with Crippen LogP contribution in [0.1, 0.15) is 39.0 Å². The summed E-state index contributed by atoms with van der Waals surface area (Å²) in [6, 6.07) is 0.625. The minimum absolute atomic E-state index is 0.408. The van der Waals surface area contributed by atoms with Crippen LogP contribution >= 0.6 is 11.6 Å². The molecule has 2 aliphatic rings. The van der Waals surface area contributed by atoms with Crippen LogP contribution in [0.4, 0.5) is 0 Å². The summed E-state index contributed by atoms with van der Waals surface area (Å²) in [4.78, 5) is 2.56. The molecule has 0 aromatic carbocycles. The van der Waals surface area contributed by atoms with Gasteiger partial charge in [-0.25, -0.2) is 0 Å². The van der Waals surface area contributed by atoms with Crippen LogP contribution in [0.3, 0.4) is 0 Å². The maximum atomic E-state index is 5.62. The highest BCUT2D eigenvalue weighted by Gasteiger charge is 2.37. The van der Waals surface area contributed by atoms with Gasteiger partial charge in [-0.2, -0.15) is 0 Å². The Morgan fingerprint density at radius 3 is 2.81 bits per heavy atom. The SMILES string of the molecule is CC1CNC2(CCCCC2)CN1C/C=C/Cl. The van der Waals surface area contributed by atoms with E-state index >= 15 is 0 Å². The highest BCUT2D eigenvalue weighted by Crippen LogP contribution is 2.31. The molecule has 1 atom stereocenters. The molecular formula is C13H23ClN2. The molecule has 1 saturated carbocycles. The van der Waals surface area contributed by atoms with Crippen LogP contribution in [-0.2, 0) is 0 Å². The third kappa shape index (κ3) is 2.79. The molecule has 0 bridgehead atoms. The Morgan fingerprint density at radius 2 is 2.12 bits per heavy atom. The van der Waals surface area contributed by atoms with Crippen molar-refractivity contribution in [2.75, 3.05) is 19.6 Å². The zero-order valence-corrected chi connectivity index (χ0v) is 11.0. The van der Waals surface area contributed by atoms with Crippen molar-refractivity contribution in [3.05, 3.63) is 11.6 Å². The molecule has 1 N–H and O–H groups in total. The summed E-state index contributed by atoms with van der Waals surface area (Å²) in [7, 11) is 0. The maximum absolute atomic E-state index is 5.62. The van der Waals surface area contributed by atoms with E-state index in [-0.39, 0.29) is 0 Å². The van der Waals surface area contributed by atoms with E-state index in [0.29, 0.717) is 11.6 Å². The molecule has 0 radical (unpaired) electrons. The highest BCUT2D eigenvalue weighted by molar-refractivity contribution is 6.25. The standard InChI is InChI=1S/C13H23ClN2/c1-12-10-15-13(6-3-2-4-7-13)11-16(12)9-5-8-14/h5,8,12,15H,2-4,6-7,9-11H2,1H3/b8-5+. The minimum atomic E-state index is 0.408. The van der Waals surface area contributed by atoms with Crippen molar-refractivity contribution in [3.8, 4) is 0 Å². The fourth-order valence-corrected chi connectivity index (χ4v) is 3.16. The number of piperazine rings is 1. The molecule has 16 heavy (non-hydrogen) atoms. The molecule has 1 saturated heterocycles. The van der Waals surface area contributed by atoms with Gasteiger partial charge in [0.15, 0.2) is 0 Å². The van der Waals surface area contributed by atoms with Crippen LogP contribution in [0.15, 0.2) is 11.6 Å². The molecule has 0 aromatic heterocycles. The Hall–Kier alpha value is -0.0500. The van der Waals surface area contributed by atoms with Gasteiger partial charge < -0.3 is 5.32 Å². The summed E-state index contributed by atoms with van der Waals surface area (Å²) in [5, 5.41) is 3.79. The Morgan fingerprint density at radius 1 is 1.38 bits per heavy atom. The predicted molar refractivity (Wildman–Crippen MR) is 69.8 cm³/mol. The number of nitrogens with zero attached hydrogens (tertiary/aromatic N) is 1. The lowest BCUT2D eigenvalue weighted by atomic mass is 9.79. The van der Waals surface area contributed by atoms with E-state index in [9.17, 15) is 0 Å². The van der Waals surface area contributed by atoms with E-state index in [1.54, 1.807) is 5.54 Å². The normalized spacial score (nSPS) is 31.2. The molecule has 1 heterocycles. The van der Waals surface area contributed by atoms with Crippen LogP contribution in [0.5, 0.6) is 0 Å². The average Bonchev–Trinajstić information content (AvgIpc) is 2.32. The van der Waals surface area contributed by atoms with Crippen molar-refractivity contribution in [3.63, 3.8) is 0 Å². The number of hydrogen-bond donors (Lipinski definition) is 1. The summed E-state index contributed by atoms with van der Waals surface area (Å²) in [5.41, 5.74) is 2.05. The second kappa shape index (κ2) is 5.52. The van der Waals surface area contributed by atoms with Gasteiger partial charge in [0.05, 0.1) is 0 Å². The van der Waals surface area contributed by atoms with Crippen molar-refractivity contribution in [2.45, 2.75) is 50.6 Å². The topological polar surface area (TPSA) is 15.3 Å². The minimum Gasteiger partial charge on any atom is -0.308 e. The van der Waals surface area contributed by atoms with Gasteiger partial charge in [-0.3, -0.25) is 4.90 Å². The van der Waals surface area contributed by atoms with E-state index in [1.165, 1.54) is 38.6 Å². The smallest absolute Gasteiger partial charge is 0.0309 e. The number of rotatable bonds is 2. The average molecular weight is 243 g/mol. The zero-order valence-electron chi connectivity index (χ0n) is 10.2. The van der Waals surface area contributed by atoms with E-state index in [1.807, 2.05) is 0 Å². The van der Waals surface area contributed by atoms with Gasteiger partial charge in [0.2, 0.25) is 0 Å². The Bertz CT molecular complexity index is 246. The van der Waals surface area contributed by atoms with Crippen LogP contribution in [-0.4, -0.2) is 36.1 Å². The lowest BCUT2D eigenvalue weighted by Crippen LogP contribution is -2.64. The monoisotopic (exact) mass is 242 g/mol. The second-order valence-electron chi connectivity index (χ2n) is 5.36. The van der Waals surface area contributed by atoms with Gasteiger partial charge in [0.1, 0.15) is 0 Å². The first-order valence-corrected chi connectivity index (χ1v) is 6.94. The van der Waals surface area contributed by atoms with Crippen molar-refractivity contribution in [2.24, 2.45) is 0 Å². The zero-order chi connectivity index (χ0) is 11.4. The van der Waals surface area contributed by atoms with Gasteiger partial charge in [-0.15, -0.1) is 0 Å². The molecule has 2 nitrogen and oxygen atoms in total. The number of nitrogens with one attached hydrogen (secondary N) is 1. The molecule has 1 unspecified atom stereocenters. The summed E-state index contributed by atoms with van der Waals surface area (Å²) in [6.07, 6.45) is 8.95. The first-order valence-electron chi connectivity index (χ1n) is 6.50. The fourth-order valence-electron chi connectivity index (χ4n) is 3.08. The molecule has 0 amide bonds. The molecule has 1 aliphatic heterocycles. The third-order valence-electron chi connectivity index (χ3n) is 4.14. The lowest BCUT2D eigenvalue weighted by Gasteiger charge is -2.48. The van der Waals surface area contributed by atoms with Crippen molar-refractivity contribution < 1.29 is 0 Å². The molecule has 2 rings (SSSR count). The Labute approximate surface area is 104 Å². The summed E-state index contributed by atoms with van der Waals surface area (Å²) < 4.78 is 0. The first-order chi connectivity index (χ1) is 7.76. The number of hydrogen-bond acceptors (Lipinski definition) is 2. The summed E-state index contributed by atoms with van der Waals surface area (Å²) >= 11 is 5.62. The van der Waals surface area contributed by atoms with Crippen molar-refractivity contribution >= 4 is 11.6 Å². The molecule has 3 heteroatoms. The molecule has 0 aromatic rings. The molecule has 92 valence electrons. The Balaban J connectivity index is 1.97. The van der Waals surface area contributed by atoms with Crippen LogP contribution < -0.4 is 5.32 Å². The van der Waals surface area contributed by atoms with E-state index in [4.69, 9.17) is 11.6 Å². The number of halogens is 1. The van der Waals surface area contributed by atoms with Gasteiger partial charge >= 0.3 is 0 Å². The molecule has 1 spiro atoms. The first kappa shape index (κ1) is 12.4. The molecule has 1 aliphatic carbocycles.